The van der Waals surface area contributed by atoms with Crippen LogP contribution < -0.4 is 5.32 Å². The summed E-state index contributed by atoms with van der Waals surface area (Å²) in [5.74, 6) is -6.96. The van der Waals surface area contributed by atoms with Crippen LogP contribution in [-0.2, 0) is 47.3 Å². The lowest BCUT2D eigenvalue weighted by molar-refractivity contribution is -0.369. The van der Waals surface area contributed by atoms with Crippen LogP contribution in [0, 0.1) is 16.7 Å². The molecule has 3 fully saturated rings. The van der Waals surface area contributed by atoms with Crippen LogP contribution in [0.1, 0.15) is 101 Å². The minimum atomic E-state index is -2.96. The van der Waals surface area contributed by atoms with E-state index in [1.54, 1.807) is 99.6 Å². The minimum Gasteiger partial charge on any atom is -0.456 e. The Kier molecular flexibility index (Phi) is 14.1. The van der Waals surface area contributed by atoms with Gasteiger partial charge in [0.1, 0.15) is 30.0 Å². The Balaban J connectivity index is 1.46. The predicted molar refractivity (Wildman–Crippen MR) is 255 cm³/mol. The lowest BCUT2D eigenvalue weighted by Crippen LogP contribution is -2.85. The van der Waals surface area contributed by atoms with E-state index in [-0.39, 0.29) is 16.7 Å². The van der Waals surface area contributed by atoms with Crippen LogP contribution in [0.3, 0.4) is 0 Å². The van der Waals surface area contributed by atoms with Gasteiger partial charge in [-0.15, -0.1) is 0 Å². The molecule has 0 aromatic heterocycles. The highest BCUT2D eigenvalue weighted by Gasteiger charge is 2.80. The lowest BCUT2D eigenvalue weighted by atomic mass is 9.44. The van der Waals surface area contributed by atoms with Crippen LogP contribution in [0.4, 0.5) is 0 Å². The zero-order valence-corrected chi connectivity index (χ0v) is 42.5. The highest BCUT2D eigenvalue weighted by atomic mass is 28.4. The number of Topliss-reactive ketones (excluding diaryl/α,β-unsaturated/α-hetero) is 1. The van der Waals surface area contributed by atoms with E-state index in [9.17, 15) is 34.5 Å². The van der Waals surface area contributed by atoms with Crippen molar-refractivity contribution in [2.45, 2.75) is 147 Å². The van der Waals surface area contributed by atoms with Crippen molar-refractivity contribution in [1.29, 1.82) is 0 Å². The molecule has 2 saturated carbocycles. The number of hydrogen-bond donors (Lipinski definition) is 4. The fraction of sp³-hybridized carbons (Fsp3) is 0.509. The summed E-state index contributed by atoms with van der Waals surface area (Å²) in [4.78, 5) is 86.3. The second kappa shape index (κ2) is 18.9. The Labute approximate surface area is 409 Å². The maximum Gasteiger partial charge on any atom is 0.338 e. The normalized spacial score (nSPS) is 31.2. The highest BCUT2D eigenvalue weighted by Crippen LogP contribution is 2.64. The summed E-state index contributed by atoms with van der Waals surface area (Å²) in [6, 6.07) is 23.9. The van der Waals surface area contributed by atoms with Gasteiger partial charge in [-0.3, -0.25) is 19.2 Å². The lowest BCUT2D eigenvalue weighted by Gasteiger charge is -2.68. The molecule has 3 aliphatic carbocycles. The van der Waals surface area contributed by atoms with Gasteiger partial charge in [0, 0.05) is 31.2 Å². The fourth-order valence-electron chi connectivity index (χ4n) is 10.9. The van der Waals surface area contributed by atoms with Gasteiger partial charge in [0.15, 0.2) is 31.9 Å². The third-order valence-corrected chi connectivity index (χ3v) is 20.2. The summed E-state index contributed by atoms with van der Waals surface area (Å²) < 4.78 is 37.8. The van der Waals surface area contributed by atoms with Crippen molar-refractivity contribution >= 4 is 43.9 Å². The molecule has 4 aliphatic rings. The third kappa shape index (κ3) is 8.82. The molecule has 70 heavy (non-hydrogen) atoms. The summed E-state index contributed by atoms with van der Waals surface area (Å²) in [6.07, 6.45) is -12.8. The number of fused-ring (bicyclic) bond motifs is 5. The Bertz CT molecular complexity index is 2540. The molecule has 4 N–H and O–H groups in total. The fourth-order valence-corrected chi connectivity index (χ4v) is 12.1. The second-order valence-electron chi connectivity index (χ2n) is 21.3. The van der Waals surface area contributed by atoms with Crippen molar-refractivity contribution in [2.75, 3.05) is 6.61 Å². The Morgan fingerprint density at radius 1 is 0.814 bits per heavy atom. The molecule has 17 heteroatoms. The van der Waals surface area contributed by atoms with Gasteiger partial charge in [0.2, 0.25) is 0 Å². The number of carbonyl (C=O) groups excluding carboxylic acids is 6. The van der Waals surface area contributed by atoms with Crippen molar-refractivity contribution in [1.82, 2.24) is 5.32 Å². The Morgan fingerprint density at radius 2 is 1.37 bits per heavy atom. The highest BCUT2D eigenvalue weighted by molar-refractivity contribution is 6.74. The average Bonchev–Trinajstić information content (AvgIpc) is 3.29. The second-order valence-corrected chi connectivity index (χ2v) is 26.1. The number of carbonyl (C=O) groups is 6. The van der Waals surface area contributed by atoms with Crippen LogP contribution >= 0.6 is 0 Å². The molecule has 0 radical (unpaired) electrons. The molecule has 7 rings (SSSR count). The van der Waals surface area contributed by atoms with Crippen molar-refractivity contribution in [3.63, 3.8) is 0 Å². The molecule has 3 aromatic carbocycles. The largest absolute Gasteiger partial charge is 0.456 e. The van der Waals surface area contributed by atoms with Gasteiger partial charge in [-0.1, -0.05) is 101 Å². The van der Waals surface area contributed by atoms with Crippen LogP contribution in [0.25, 0.3) is 0 Å². The summed E-state index contributed by atoms with van der Waals surface area (Å²) in [6.45, 7) is 17.5. The molecule has 1 aliphatic heterocycles. The van der Waals surface area contributed by atoms with Crippen molar-refractivity contribution in [2.24, 2.45) is 16.7 Å². The topological polar surface area (TPSA) is 231 Å². The van der Waals surface area contributed by atoms with Gasteiger partial charge in [-0.2, -0.15) is 0 Å². The van der Waals surface area contributed by atoms with Crippen LogP contribution in [0.5, 0.6) is 0 Å². The first kappa shape index (κ1) is 52.3. The number of aliphatic hydroxyl groups is 3. The summed E-state index contributed by atoms with van der Waals surface area (Å²) in [5.41, 5.74) is -7.54. The van der Waals surface area contributed by atoms with Gasteiger partial charge in [0.05, 0.1) is 35.6 Å². The number of ketones is 1. The van der Waals surface area contributed by atoms with E-state index in [1.165, 1.54) is 19.1 Å². The molecule has 1 amide bonds. The molecular weight excluding hydrogens is 919 g/mol. The number of aliphatic hydroxyl groups excluding tert-OH is 2. The summed E-state index contributed by atoms with van der Waals surface area (Å²) in [7, 11) is -2.96. The van der Waals surface area contributed by atoms with Crippen LogP contribution in [-0.4, -0.2) is 120 Å². The van der Waals surface area contributed by atoms with Crippen molar-refractivity contribution in [3.8, 4) is 0 Å². The van der Waals surface area contributed by atoms with E-state index in [1.807, 2.05) is 33.9 Å². The predicted octanol–water partition coefficient (Wildman–Crippen LogP) is 5.74. The number of esters is 4. The first-order valence-corrected chi connectivity index (χ1v) is 26.4. The average molecular weight is 984 g/mol. The van der Waals surface area contributed by atoms with E-state index in [0.29, 0.717) is 11.1 Å². The molecule has 1 unspecified atom stereocenters. The summed E-state index contributed by atoms with van der Waals surface area (Å²) >= 11 is 0. The Morgan fingerprint density at radius 3 is 1.89 bits per heavy atom. The molecule has 3 aromatic rings. The number of rotatable bonds is 12. The first-order valence-electron chi connectivity index (χ1n) is 23.5. The minimum absolute atomic E-state index is 0.0336. The van der Waals surface area contributed by atoms with E-state index in [0.717, 1.165) is 13.8 Å². The molecule has 16 nitrogen and oxygen atoms in total. The number of ether oxygens (including phenoxy) is 5. The number of hydrogen-bond acceptors (Lipinski definition) is 15. The molecule has 0 spiro atoms. The van der Waals surface area contributed by atoms with E-state index in [4.69, 9.17) is 28.1 Å². The maximum atomic E-state index is 15.8. The number of benzene rings is 3. The van der Waals surface area contributed by atoms with Crippen molar-refractivity contribution < 1.29 is 72.2 Å². The van der Waals surface area contributed by atoms with Gasteiger partial charge in [-0.05, 0) is 73.0 Å². The Hall–Kier alpha value is -5.56. The van der Waals surface area contributed by atoms with Gasteiger partial charge in [-0.25, -0.2) is 9.59 Å². The summed E-state index contributed by atoms with van der Waals surface area (Å²) in [5, 5.41) is 40.5. The molecule has 1 heterocycles. The third-order valence-electron chi connectivity index (χ3n) is 15.7. The van der Waals surface area contributed by atoms with Crippen LogP contribution in [0.2, 0.25) is 18.1 Å². The number of amides is 1. The smallest absolute Gasteiger partial charge is 0.338 e. The molecule has 376 valence electrons. The molecule has 12 atom stereocenters. The SMILES string of the molecule is CC(=O)O[C@H]1C(=O)[C@]2(C)[C@H](O)C(O)[C@H]3OC[C@@]3(OC(C)=O)[C@H]2[C@H](OC(=O)c2ccccc2)[C@]2(O)C[C@H](OC(=O)[C@H](O[Si](C)(C)C(C)(C)C)[C@@H](NC(=O)c3ccccc3)c3ccccc3)C(C)=C1C2(C)C. The maximum absolute atomic E-state index is 15.8. The van der Waals surface area contributed by atoms with Crippen molar-refractivity contribution in [3.05, 3.63) is 119 Å². The van der Waals surface area contributed by atoms with Gasteiger partial charge >= 0.3 is 23.9 Å². The molecule has 1 saturated heterocycles. The quantitative estimate of drug-likeness (QED) is 0.0735. The number of nitrogens with one attached hydrogen (secondary N) is 1. The molecular formula is C53H65NO15Si. The first-order chi connectivity index (χ1) is 32.6. The van der Waals surface area contributed by atoms with E-state index in [2.05, 4.69) is 5.32 Å². The van der Waals surface area contributed by atoms with E-state index >= 15 is 9.59 Å². The zero-order valence-electron chi connectivity index (χ0n) is 41.5. The van der Waals surface area contributed by atoms with Crippen LogP contribution in [0.15, 0.2) is 102 Å². The van der Waals surface area contributed by atoms with Gasteiger partial charge < -0.3 is 48.7 Å². The molecule has 2 bridgehead atoms. The van der Waals surface area contributed by atoms with Gasteiger partial charge in [0.25, 0.3) is 5.91 Å². The van der Waals surface area contributed by atoms with E-state index < -0.39 is 139 Å². The standard InChI is InChI=1S/C53H65NO15Si/c1-29-35(66-48(62)40(69-70(10,11)49(4,5)6)37(32-21-15-12-16-22-32)54-46(60)33-23-17-13-18-24-33)27-53(63)45(67-47(61)34-25-19-14-20-26-34)41-51(9,43(59)39(65-30(2)55)36(29)50(53,7)8)42(58)38(57)44-52(41,28-64-44)68-31(3)56/h12-26,35,37-42,44-45,57-58,63H,27-28H2,1-11H3,(H,54,60)/t35-,37-,38?,39+,40+,41-,42+,44+,45-,51-,52+,53+/m0/s1. The monoisotopic (exact) mass is 983 g/mol. The zero-order chi connectivity index (χ0) is 51.5.